The Morgan fingerprint density at radius 1 is 1.05 bits per heavy atom. The van der Waals surface area contributed by atoms with Crippen molar-refractivity contribution in [3.8, 4) is 0 Å². The third kappa shape index (κ3) is 2.10. The summed E-state index contributed by atoms with van der Waals surface area (Å²) in [4.78, 5) is 11.6. The van der Waals surface area contributed by atoms with Crippen LogP contribution in [0.4, 0.5) is 5.69 Å². The molecule has 0 bridgehead atoms. The van der Waals surface area contributed by atoms with Gasteiger partial charge in [-0.25, -0.2) is 0 Å². The summed E-state index contributed by atoms with van der Waals surface area (Å²) in [6, 6.07) is 16.0. The van der Waals surface area contributed by atoms with Gasteiger partial charge in [-0.2, -0.15) is 0 Å². The highest BCUT2D eigenvalue weighted by Crippen LogP contribution is 2.32. The maximum atomic E-state index is 11.6. The zero-order valence-electron chi connectivity index (χ0n) is 10.3. The molecule has 1 aliphatic rings. The SMILES string of the molecule is O=C1Nc2cc(Cc3ccccc3)ccc2/C1=C/O. The van der Waals surface area contributed by atoms with Gasteiger partial charge in [0.1, 0.15) is 0 Å². The number of hydrogen-bond acceptors (Lipinski definition) is 2. The Morgan fingerprint density at radius 3 is 2.58 bits per heavy atom. The van der Waals surface area contributed by atoms with Gasteiger partial charge in [0, 0.05) is 11.3 Å². The van der Waals surface area contributed by atoms with Crippen molar-refractivity contribution in [2.45, 2.75) is 6.42 Å². The van der Waals surface area contributed by atoms with Gasteiger partial charge in [0.15, 0.2) is 0 Å². The average molecular weight is 251 g/mol. The number of benzene rings is 2. The van der Waals surface area contributed by atoms with Gasteiger partial charge in [0.2, 0.25) is 0 Å². The van der Waals surface area contributed by atoms with E-state index in [0.717, 1.165) is 29.5 Å². The number of anilines is 1. The van der Waals surface area contributed by atoms with E-state index in [4.69, 9.17) is 5.11 Å². The Balaban J connectivity index is 1.92. The molecule has 1 heterocycles. The van der Waals surface area contributed by atoms with Gasteiger partial charge in [-0.05, 0) is 23.6 Å². The molecule has 0 atom stereocenters. The lowest BCUT2D eigenvalue weighted by Crippen LogP contribution is -2.03. The van der Waals surface area contributed by atoms with Gasteiger partial charge in [0.25, 0.3) is 5.91 Å². The molecule has 0 radical (unpaired) electrons. The summed E-state index contributed by atoms with van der Waals surface area (Å²) < 4.78 is 0. The molecular weight excluding hydrogens is 238 g/mol. The number of aliphatic hydroxyl groups excluding tert-OH is 1. The van der Waals surface area contributed by atoms with Crippen molar-refractivity contribution in [1.29, 1.82) is 0 Å². The number of aliphatic hydroxyl groups is 1. The zero-order valence-corrected chi connectivity index (χ0v) is 10.3. The van der Waals surface area contributed by atoms with Crippen molar-refractivity contribution in [2.75, 3.05) is 5.32 Å². The fraction of sp³-hybridized carbons (Fsp3) is 0.0625. The van der Waals surface area contributed by atoms with E-state index in [2.05, 4.69) is 17.4 Å². The van der Waals surface area contributed by atoms with Crippen molar-refractivity contribution >= 4 is 17.2 Å². The van der Waals surface area contributed by atoms with E-state index in [-0.39, 0.29) is 5.91 Å². The van der Waals surface area contributed by atoms with Crippen LogP contribution in [0.25, 0.3) is 5.57 Å². The Labute approximate surface area is 111 Å². The van der Waals surface area contributed by atoms with Gasteiger partial charge >= 0.3 is 0 Å². The lowest BCUT2D eigenvalue weighted by Gasteiger charge is -2.04. The summed E-state index contributed by atoms with van der Waals surface area (Å²) in [7, 11) is 0. The first-order chi connectivity index (χ1) is 9.28. The van der Waals surface area contributed by atoms with E-state index < -0.39 is 0 Å². The van der Waals surface area contributed by atoms with Crippen molar-refractivity contribution < 1.29 is 9.90 Å². The molecule has 94 valence electrons. The third-order valence-electron chi connectivity index (χ3n) is 3.25. The molecular formula is C16H13NO2. The number of carbonyl (C=O) groups excluding carboxylic acids is 1. The predicted octanol–water partition coefficient (Wildman–Crippen LogP) is 3.13. The van der Waals surface area contributed by atoms with Crippen LogP contribution in [0.5, 0.6) is 0 Å². The predicted molar refractivity (Wildman–Crippen MR) is 74.9 cm³/mol. The molecule has 3 nitrogen and oxygen atoms in total. The van der Waals surface area contributed by atoms with Crippen LogP contribution in [0.2, 0.25) is 0 Å². The molecule has 0 fully saturated rings. The number of nitrogens with one attached hydrogen (secondary N) is 1. The van der Waals surface area contributed by atoms with Crippen LogP contribution in [-0.4, -0.2) is 11.0 Å². The second-order valence-corrected chi connectivity index (χ2v) is 4.54. The smallest absolute Gasteiger partial charge is 0.259 e. The van der Waals surface area contributed by atoms with Crippen LogP contribution in [0.3, 0.4) is 0 Å². The van der Waals surface area contributed by atoms with E-state index in [9.17, 15) is 4.79 Å². The molecule has 3 heteroatoms. The minimum atomic E-state index is -0.255. The molecule has 2 aromatic rings. The number of rotatable bonds is 2. The topological polar surface area (TPSA) is 49.3 Å². The normalized spacial score (nSPS) is 15.4. The second kappa shape index (κ2) is 4.61. The quantitative estimate of drug-likeness (QED) is 0.636. The van der Waals surface area contributed by atoms with Gasteiger partial charge in [-0.15, -0.1) is 0 Å². The van der Waals surface area contributed by atoms with Crippen molar-refractivity contribution in [1.82, 2.24) is 0 Å². The molecule has 0 unspecified atom stereocenters. The van der Waals surface area contributed by atoms with E-state index in [0.29, 0.717) is 5.57 Å². The zero-order chi connectivity index (χ0) is 13.2. The van der Waals surface area contributed by atoms with Crippen LogP contribution in [-0.2, 0) is 11.2 Å². The molecule has 0 aromatic heterocycles. The molecule has 2 aromatic carbocycles. The first kappa shape index (κ1) is 11.5. The van der Waals surface area contributed by atoms with Crippen molar-refractivity contribution in [2.24, 2.45) is 0 Å². The van der Waals surface area contributed by atoms with Crippen LogP contribution in [0.1, 0.15) is 16.7 Å². The van der Waals surface area contributed by atoms with Crippen molar-refractivity contribution in [3.05, 3.63) is 71.5 Å². The fourth-order valence-electron chi connectivity index (χ4n) is 2.31. The second-order valence-electron chi connectivity index (χ2n) is 4.54. The molecule has 1 aliphatic heterocycles. The Kier molecular flexibility index (Phi) is 2.80. The summed E-state index contributed by atoms with van der Waals surface area (Å²) in [5, 5.41) is 11.8. The highest BCUT2D eigenvalue weighted by atomic mass is 16.2. The largest absolute Gasteiger partial charge is 0.515 e. The monoisotopic (exact) mass is 251 g/mol. The number of carbonyl (C=O) groups is 1. The molecule has 0 saturated carbocycles. The van der Waals surface area contributed by atoms with Gasteiger partial charge < -0.3 is 10.4 Å². The molecule has 19 heavy (non-hydrogen) atoms. The van der Waals surface area contributed by atoms with Crippen molar-refractivity contribution in [3.63, 3.8) is 0 Å². The van der Waals surface area contributed by atoms with Gasteiger partial charge in [-0.3, -0.25) is 4.79 Å². The lowest BCUT2D eigenvalue weighted by atomic mass is 10.0. The molecule has 0 aliphatic carbocycles. The van der Waals surface area contributed by atoms with E-state index >= 15 is 0 Å². The third-order valence-corrected chi connectivity index (χ3v) is 3.25. The van der Waals surface area contributed by atoms with Crippen LogP contribution in [0.15, 0.2) is 54.8 Å². The Morgan fingerprint density at radius 2 is 1.84 bits per heavy atom. The number of hydrogen-bond donors (Lipinski definition) is 2. The first-order valence-corrected chi connectivity index (χ1v) is 6.11. The highest BCUT2D eigenvalue weighted by Gasteiger charge is 2.24. The van der Waals surface area contributed by atoms with Crippen LogP contribution >= 0.6 is 0 Å². The summed E-state index contributed by atoms with van der Waals surface area (Å²) >= 11 is 0. The van der Waals surface area contributed by atoms with Gasteiger partial charge in [-0.1, -0.05) is 42.5 Å². The molecule has 2 N–H and O–H groups in total. The lowest BCUT2D eigenvalue weighted by molar-refractivity contribution is -0.110. The summed E-state index contributed by atoms with van der Waals surface area (Å²) in [6.07, 6.45) is 1.68. The standard InChI is InChI=1S/C16H13NO2/c18-10-14-13-7-6-12(9-15(13)17-16(14)19)8-11-4-2-1-3-5-11/h1-7,9-10,18H,8H2,(H,17,19)/b14-10-. The van der Waals surface area contributed by atoms with Crippen LogP contribution < -0.4 is 5.32 Å². The molecule has 1 amide bonds. The minimum absolute atomic E-state index is 0.255. The molecule has 0 spiro atoms. The number of fused-ring (bicyclic) bond motifs is 1. The molecule has 0 saturated heterocycles. The fourth-order valence-corrected chi connectivity index (χ4v) is 2.31. The van der Waals surface area contributed by atoms with E-state index in [1.807, 2.05) is 36.4 Å². The van der Waals surface area contributed by atoms with Gasteiger partial charge in [0.05, 0.1) is 11.8 Å². The van der Waals surface area contributed by atoms with Crippen LogP contribution in [0, 0.1) is 0 Å². The summed E-state index contributed by atoms with van der Waals surface area (Å²) in [5.41, 5.74) is 4.19. The minimum Gasteiger partial charge on any atom is -0.515 e. The first-order valence-electron chi connectivity index (χ1n) is 6.11. The average Bonchev–Trinajstić information content (AvgIpc) is 2.74. The maximum absolute atomic E-state index is 11.6. The maximum Gasteiger partial charge on any atom is 0.259 e. The highest BCUT2D eigenvalue weighted by molar-refractivity contribution is 6.31. The van der Waals surface area contributed by atoms with E-state index in [1.165, 1.54) is 5.56 Å². The summed E-state index contributed by atoms with van der Waals surface area (Å²) in [6.45, 7) is 0. The summed E-state index contributed by atoms with van der Waals surface area (Å²) in [5.74, 6) is -0.255. The Bertz CT molecular complexity index is 660. The Hall–Kier alpha value is -2.55. The number of amides is 1. The van der Waals surface area contributed by atoms with E-state index in [1.54, 1.807) is 0 Å². The molecule has 3 rings (SSSR count).